The zero-order chi connectivity index (χ0) is 12.6. The second-order valence-electron chi connectivity index (χ2n) is 4.59. The van der Waals surface area contributed by atoms with Crippen LogP contribution < -0.4 is 10.6 Å². The number of nitrogen functional groups attached to an aromatic ring is 1. The highest BCUT2D eigenvalue weighted by molar-refractivity contribution is 7.91. The number of rotatable bonds is 2. The van der Waals surface area contributed by atoms with Crippen LogP contribution in [-0.4, -0.2) is 38.0 Å². The van der Waals surface area contributed by atoms with E-state index in [4.69, 9.17) is 5.73 Å². The summed E-state index contributed by atoms with van der Waals surface area (Å²) < 4.78 is 22.9. The molecule has 1 unspecified atom stereocenters. The van der Waals surface area contributed by atoms with Gasteiger partial charge < -0.3 is 10.6 Å². The van der Waals surface area contributed by atoms with Crippen molar-refractivity contribution in [3.8, 4) is 0 Å². The lowest BCUT2D eigenvalue weighted by Crippen LogP contribution is -2.33. The van der Waals surface area contributed by atoms with Crippen LogP contribution in [0, 0.1) is 6.92 Å². The zero-order valence-corrected chi connectivity index (χ0v) is 10.9. The van der Waals surface area contributed by atoms with Gasteiger partial charge in [0, 0.05) is 19.3 Å². The fraction of sp³-hybridized carbons (Fsp3) is 0.545. The van der Waals surface area contributed by atoms with Gasteiger partial charge in [-0.25, -0.2) is 13.4 Å². The molecule has 2 N–H and O–H groups in total. The molecule has 1 atom stereocenters. The Hall–Kier alpha value is -1.30. The SMILES string of the molecule is Cc1cnc(N(C)C2CCS(=O)(=O)C2)c(N)c1. The number of hydrogen-bond donors (Lipinski definition) is 1. The predicted octanol–water partition coefficient (Wildman–Crippen LogP) is 0.596. The first-order valence-electron chi connectivity index (χ1n) is 5.54. The molecule has 0 bridgehead atoms. The Morgan fingerprint density at radius 2 is 2.24 bits per heavy atom. The van der Waals surface area contributed by atoms with Gasteiger partial charge in [0.15, 0.2) is 15.7 Å². The first-order chi connectivity index (χ1) is 7.89. The molecule has 1 aliphatic rings. The highest BCUT2D eigenvalue weighted by Gasteiger charge is 2.31. The van der Waals surface area contributed by atoms with Crippen molar-refractivity contribution < 1.29 is 8.42 Å². The summed E-state index contributed by atoms with van der Waals surface area (Å²) in [5.41, 5.74) is 7.50. The largest absolute Gasteiger partial charge is 0.396 e. The van der Waals surface area contributed by atoms with Crippen molar-refractivity contribution in [1.82, 2.24) is 4.98 Å². The molecule has 6 heteroatoms. The van der Waals surface area contributed by atoms with Crippen LogP contribution in [-0.2, 0) is 9.84 Å². The molecule has 2 rings (SSSR count). The Bertz CT molecular complexity index is 528. The third kappa shape index (κ3) is 2.52. The Morgan fingerprint density at radius 1 is 1.53 bits per heavy atom. The molecule has 1 saturated heterocycles. The van der Waals surface area contributed by atoms with Gasteiger partial charge in [0.05, 0.1) is 17.2 Å². The van der Waals surface area contributed by atoms with Gasteiger partial charge in [-0.05, 0) is 25.0 Å². The van der Waals surface area contributed by atoms with Crippen molar-refractivity contribution in [3.05, 3.63) is 17.8 Å². The molecule has 0 aromatic carbocycles. The Morgan fingerprint density at radius 3 is 2.76 bits per heavy atom. The molecule has 1 aromatic rings. The lowest BCUT2D eigenvalue weighted by atomic mass is 10.2. The molecule has 0 radical (unpaired) electrons. The van der Waals surface area contributed by atoms with Crippen molar-refractivity contribution in [2.24, 2.45) is 0 Å². The van der Waals surface area contributed by atoms with Crippen molar-refractivity contribution in [2.45, 2.75) is 19.4 Å². The van der Waals surface area contributed by atoms with Crippen LogP contribution in [0.1, 0.15) is 12.0 Å². The minimum atomic E-state index is -2.88. The number of pyridine rings is 1. The summed E-state index contributed by atoms with van der Waals surface area (Å²) >= 11 is 0. The van der Waals surface area contributed by atoms with E-state index in [0.717, 1.165) is 5.56 Å². The summed E-state index contributed by atoms with van der Waals surface area (Å²) in [4.78, 5) is 6.15. The zero-order valence-electron chi connectivity index (χ0n) is 10.0. The summed E-state index contributed by atoms with van der Waals surface area (Å²) in [6.07, 6.45) is 2.39. The van der Waals surface area contributed by atoms with Gasteiger partial charge in [0.1, 0.15) is 0 Å². The van der Waals surface area contributed by atoms with Crippen molar-refractivity contribution in [1.29, 1.82) is 0 Å². The van der Waals surface area contributed by atoms with E-state index in [9.17, 15) is 8.42 Å². The molecule has 94 valence electrons. The van der Waals surface area contributed by atoms with E-state index in [1.807, 2.05) is 24.9 Å². The third-order valence-corrected chi connectivity index (χ3v) is 4.87. The summed E-state index contributed by atoms with van der Waals surface area (Å²) in [6, 6.07) is 1.83. The summed E-state index contributed by atoms with van der Waals surface area (Å²) in [6.45, 7) is 1.92. The first kappa shape index (κ1) is 12.2. The van der Waals surface area contributed by atoms with Gasteiger partial charge in [0.2, 0.25) is 0 Å². The maximum Gasteiger partial charge on any atom is 0.152 e. The monoisotopic (exact) mass is 255 g/mol. The van der Waals surface area contributed by atoms with Crippen LogP contribution in [0.25, 0.3) is 0 Å². The van der Waals surface area contributed by atoms with Crippen LogP contribution in [0.3, 0.4) is 0 Å². The Kier molecular flexibility index (Phi) is 2.99. The maximum absolute atomic E-state index is 11.4. The van der Waals surface area contributed by atoms with Gasteiger partial charge in [-0.1, -0.05) is 0 Å². The van der Waals surface area contributed by atoms with Crippen LogP contribution >= 0.6 is 0 Å². The second-order valence-corrected chi connectivity index (χ2v) is 6.82. The number of anilines is 2. The molecule has 0 saturated carbocycles. The van der Waals surface area contributed by atoms with Crippen LogP contribution in [0.2, 0.25) is 0 Å². The molecule has 0 aliphatic carbocycles. The molecule has 1 aliphatic heterocycles. The van der Waals surface area contributed by atoms with Crippen molar-refractivity contribution in [2.75, 3.05) is 29.2 Å². The molecule has 5 nitrogen and oxygen atoms in total. The van der Waals surface area contributed by atoms with Gasteiger partial charge in [-0.2, -0.15) is 0 Å². The Labute approximate surface area is 102 Å². The van der Waals surface area contributed by atoms with E-state index in [0.29, 0.717) is 17.9 Å². The fourth-order valence-corrected chi connectivity index (χ4v) is 3.91. The molecule has 1 aromatic heterocycles. The summed E-state index contributed by atoms with van der Waals surface area (Å²) in [5, 5.41) is 0. The third-order valence-electron chi connectivity index (χ3n) is 3.12. The van der Waals surface area contributed by atoms with Gasteiger partial charge in [-0.3, -0.25) is 0 Å². The minimum absolute atomic E-state index is 0.0162. The average molecular weight is 255 g/mol. The first-order valence-corrected chi connectivity index (χ1v) is 7.36. The van der Waals surface area contributed by atoms with E-state index in [2.05, 4.69) is 4.98 Å². The predicted molar refractivity (Wildman–Crippen MR) is 68.8 cm³/mol. The van der Waals surface area contributed by atoms with E-state index < -0.39 is 9.84 Å². The molecule has 17 heavy (non-hydrogen) atoms. The smallest absolute Gasteiger partial charge is 0.152 e. The number of hydrogen-bond acceptors (Lipinski definition) is 5. The topological polar surface area (TPSA) is 76.3 Å². The molecule has 2 heterocycles. The highest BCUT2D eigenvalue weighted by atomic mass is 32.2. The minimum Gasteiger partial charge on any atom is -0.396 e. The van der Waals surface area contributed by atoms with Gasteiger partial charge in [0.25, 0.3) is 0 Å². The van der Waals surface area contributed by atoms with E-state index in [1.165, 1.54) is 0 Å². The molecule has 0 spiro atoms. The molecule has 1 fully saturated rings. The van der Waals surface area contributed by atoms with Crippen LogP contribution in [0.5, 0.6) is 0 Å². The van der Waals surface area contributed by atoms with E-state index in [-0.39, 0.29) is 17.5 Å². The molecular formula is C11H17N3O2S. The summed E-state index contributed by atoms with van der Waals surface area (Å²) in [5.74, 6) is 1.12. The number of aromatic nitrogens is 1. The lowest BCUT2D eigenvalue weighted by molar-refractivity contribution is 0.600. The standard InChI is InChI=1S/C11H17N3O2S/c1-8-5-10(12)11(13-6-8)14(2)9-3-4-17(15,16)7-9/h5-6,9H,3-4,7,12H2,1-2H3. The van der Waals surface area contributed by atoms with Crippen molar-refractivity contribution >= 4 is 21.3 Å². The van der Waals surface area contributed by atoms with Crippen molar-refractivity contribution in [3.63, 3.8) is 0 Å². The highest BCUT2D eigenvalue weighted by Crippen LogP contribution is 2.26. The maximum atomic E-state index is 11.4. The van der Waals surface area contributed by atoms with Gasteiger partial charge >= 0.3 is 0 Å². The fourth-order valence-electron chi connectivity index (χ4n) is 2.13. The molecular weight excluding hydrogens is 238 g/mol. The number of sulfone groups is 1. The van der Waals surface area contributed by atoms with Crippen LogP contribution in [0.15, 0.2) is 12.3 Å². The second kappa shape index (κ2) is 4.18. The number of nitrogens with two attached hydrogens (primary N) is 1. The summed E-state index contributed by atoms with van der Waals surface area (Å²) in [7, 11) is -1.03. The number of nitrogens with zero attached hydrogens (tertiary/aromatic N) is 2. The molecule has 0 amide bonds. The average Bonchev–Trinajstić information content (AvgIpc) is 2.58. The van der Waals surface area contributed by atoms with E-state index >= 15 is 0 Å². The lowest BCUT2D eigenvalue weighted by Gasteiger charge is -2.25. The normalized spacial score (nSPS) is 22.6. The van der Waals surface area contributed by atoms with E-state index in [1.54, 1.807) is 6.20 Å². The van der Waals surface area contributed by atoms with Gasteiger partial charge in [-0.15, -0.1) is 0 Å². The quantitative estimate of drug-likeness (QED) is 0.837. The Balaban J connectivity index is 2.23. The van der Waals surface area contributed by atoms with Crippen LogP contribution in [0.4, 0.5) is 11.5 Å². The number of aryl methyl sites for hydroxylation is 1.